The van der Waals surface area contributed by atoms with E-state index in [4.69, 9.17) is 5.84 Å². The maximum absolute atomic E-state index is 13.3. The van der Waals surface area contributed by atoms with Gasteiger partial charge in [-0.15, -0.1) is 0 Å². The van der Waals surface area contributed by atoms with E-state index < -0.39 is 0 Å². The number of nitrogens with one attached hydrogen (secondary N) is 1. The molecule has 0 radical (unpaired) electrons. The molecule has 3 N–H and O–H groups in total. The van der Waals surface area contributed by atoms with Crippen molar-refractivity contribution in [2.24, 2.45) is 5.84 Å². The van der Waals surface area contributed by atoms with E-state index in [1.807, 2.05) is 18.2 Å². The van der Waals surface area contributed by atoms with Crippen molar-refractivity contribution in [1.82, 2.24) is 5.43 Å². The zero-order valence-electron chi connectivity index (χ0n) is 10.4. The fourth-order valence-electron chi connectivity index (χ4n) is 2.07. The van der Waals surface area contributed by atoms with Gasteiger partial charge in [0.25, 0.3) is 0 Å². The minimum Gasteiger partial charge on any atom is -0.271 e. The highest BCUT2D eigenvalue weighted by atomic mass is 79.9. The molecule has 2 aromatic rings. The fraction of sp³-hybridized carbons (Fsp3) is 0.200. The second-order valence-electron chi connectivity index (χ2n) is 4.41. The van der Waals surface area contributed by atoms with Crippen LogP contribution in [0.5, 0.6) is 0 Å². The predicted octanol–water partition coefficient (Wildman–Crippen LogP) is 3.73. The summed E-state index contributed by atoms with van der Waals surface area (Å²) in [7, 11) is 0. The second-order valence-corrected chi connectivity index (χ2v) is 5.26. The molecule has 2 nitrogen and oxygen atoms in total. The first-order valence-electron chi connectivity index (χ1n) is 6.15. The van der Waals surface area contributed by atoms with Crippen LogP contribution >= 0.6 is 15.9 Å². The summed E-state index contributed by atoms with van der Waals surface area (Å²) in [5.74, 6) is 5.34. The van der Waals surface area contributed by atoms with Crippen molar-refractivity contribution < 1.29 is 4.39 Å². The Morgan fingerprint density at radius 3 is 2.58 bits per heavy atom. The summed E-state index contributed by atoms with van der Waals surface area (Å²) in [6.45, 7) is 0. The van der Waals surface area contributed by atoms with Gasteiger partial charge < -0.3 is 0 Å². The molecule has 0 aliphatic heterocycles. The largest absolute Gasteiger partial charge is 0.271 e. The monoisotopic (exact) mass is 322 g/mol. The highest BCUT2D eigenvalue weighted by Crippen LogP contribution is 2.27. The average Bonchev–Trinajstić information content (AvgIpc) is 2.44. The van der Waals surface area contributed by atoms with Gasteiger partial charge in [0, 0.05) is 10.5 Å². The lowest BCUT2D eigenvalue weighted by molar-refractivity contribution is 0.510. The van der Waals surface area contributed by atoms with Gasteiger partial charge in [0.15, 0.2) is 0 Å². The number of benzene rings is 2. The van der Waals surface area contributed by atoms with Gasteiger partial charge in [-0.3, -0.25) is 11.3 Å². The van der Waals surface area contributed by atoms with E-state index in [2.05, 4.69) is 33.5 Å². The molecule has 0 saturated carbocycles. The van der Waals surface area contributed by atoms with Crippen LogP contribution in [0.4, 0.5) is 4.39 Å². The lowest BCUT2D eigenvalue weighted by Crippen LogP contribution is -2.28. The van der Waals surface area contributed by atoms with E-state index in [9.17, 15) is 4.39 Å². The Hall–Kier alpha value is -1.23. The van der Waals surface area contributed by atoms with E-state index in [1.54, 1.807) is 6.07 Å². The van der Waals surface area contributed by atoms with Crippen molar-refractivity contribution in [3.8, 4) is 0 Å². The van der Waals surface area contributed by atoms with Gasteiger partial charge in [-0.2, -0.15) is 0 Å². The van der Waals surface area contributed by atoms with Crippen molar-refractivity contribution in [1.29, 1.82) is 0 Å². The van der Waals surface area contributed by atoms with E-state index in [1.165, 1.54) is 17.7 Å². The SMILES string of the molecule is NNC(CCc1ccccc1)c1cc(F)ccc1Br. The van der Waals surface area contributed by atoms with Gasteiger partial charge in [0.1, 0.15) is 5.82 Å². The molecule has 1 unspecified atom stereocenters. The minimum atomic E-state index is -0.252. The molecule has 0 fully saturated rings. The Kier molecular flexibility index (Phi) is 5.07. The van der Waals surface area contributed by atoms with Crippen molar-refractivity contribution in [3.63, 3.8) is 0 Å². The van der Waals surface area contributed by atoms with Crippen LogP contribution in [-0.4, -0.2) is 0 Å². The molecule has 0 aliphatic rings. The lowest BCUT2D eigenvalue weighted by Gasteiger charge is -2.18. The van der Waals surface area contributed by atoms with Crippen molar-refractivity contribution in [2.45, 2.75) is 18.9 Å². The Morgan fingerprint density at radius 2 is 1.89 bits per heavy atom. The summed E-state index contributed by atoms with van der Waals surface area (Å²) in [5, 5.41) is 0. The van der Waals surface area contributed by atoms with Gasteiger partial charge in [-0.1, -0.05) is 46.3 Å². The molecule has 4 heteroatoms. The first-order valence-corrected chi connectivity index (χ1v) is 6.95. The Morgan fingerprint density at radius 1 is 1.16 bits per heavy atom. The van der Waals surface area contributed by atoms with Gasteiger partial charge in [0.2, 0.25) is 0 Å². The van der Waals surface area contributed by atoms with E-state index in [-0.39, 0.29) is 11.9 Å². The van der Waals surface area contributed by atoms with E-state index in [0.29, 0.717) is 0 Å². The van der Waals surface area contributed by atoms with Crippen LogP contribution in [0.2, 0.25) is 0 Å². The molecular weight excluding hydrogens is 307 g/mol. The number of halogens is 2. The van der Waals surface area contributed by atoms with Crippen LogP contribution in [0.1, 0.15) is 23.6 Å². The predicted molar refractivity (Wildman–Crippen MR) is 78.9 cm³/mol. The second kappa shape index (κ2) is 6.80. The third-order valence-corrected chi connectivity index (χ3v) is 3.82. The topological polar surface area (TPSA) is 38.0 Å². The molecule has 100 valence electrons. The van der Waals surface area contributed by atoms with Crippen LogP contribution in [0.15, 0.2) is 53.0 Å². The number of aryl methyl sites for hydroxylation is 1. The quantitative estimate of drug-likeness (QED) is 0.650. The molecule has 2 rings (SSSR count). The first-order chi connectivity index (χ1) is 9.20. The van der Waals surface area contributed by atoms with Gasteiger partial charge >= 0.3 is 0 Å². The highest BCUT2D eigenvalue weighted by molar-refractivity contribution is 9.10. The molecule has 0 aromatic heterocycles. The maximum atomic E-state index is 13.3. The zero-order chi connectivity index (χ0) is 13.7. The number of hydrazine groups is 1. The Labute approximate surface area is 120 Å². The standard InChI is InChI=1S/C15H16BrFN2/c16-14-8-7-12(17)10-13(14)15(19-18)9-6-11-4-2-1-3-5-11/h1-5,7-8,10,15,19H,6,9,18H2. The number of hydrogen-bond donors (Lipinski definition) is 2. The molecule has 0 spiro atoms. The smallest absolute Gasteiger partial charge is 0.123 e. The van der Waals surface area contributed by atoms with E-state index in [0.717, 1.165) is 22.9 Å². The Balaban J connectivity index is 2.10. The zero-order valence-corrected chi connectivity index (χ0v) is 12.0. The van der Waals surface area contributed by atoms with Gasteiger partial charge in [-0.05, 0) is 42.2 Å². The van der Waals surface area contributed by atoms with Crippen LogP contribution in [0, 0.1) is 5.82 Å². The first kappa shape index (κ1) is 14.2. The molecule has 0 amide bonds. The summed E-state index contributed by atoms with van der Waals surface area (Å²) < 4.78 is 14.2. The minimum absolute atomic E-state index is 0.0784. The summed E-state index contributed by atoms with van der Waals surface area (Å²) >= 11 is 3.44. The molecule has 1 atom stereocenters. The fourth-order valence-corrected chi connectivity index (χ4v) is 2.59. The summed E-state index contributed by atoms with van der Waals surface area (Å²) in [6.07, 6.45) is 1.70. The van der Waals surface area contributed by atoms with Crippen molar-refractivity contribution in [2.75, 3.05) is 0 Å². The molecule has 0 bridgehead atoms. The normalized spacial score (nSPS) is 12.4. The third-order valence-electron chi connectivity index (χ3n) is 3.10. The molecule has 0 heterocycles. The summed E-state index contributed by atoms with van der Waals surface area (Å²) in [6, 6.07) is 14.7. The molecular formula is C15H16BrFN2. The average molecular weight is 323 g/mol. The third kappa shape index (κ3) is 3.86. The summed E-state index contributed by atoms with van der Waals surface area (Å²) in [5.41, 5.74) is 4.85. The van der Waals surface area contributed by atoms with Crippen LogP contribution < -0.4 is 11.3 Å². The van der Waals surface area contributed by atoms with Gasteiger partial charge in [-0.25, -0.2) is 4.39 Å². The number of nitrogens with two attached hydrogens (primary N) is 1. The molecule has 19 heavy (non-hydrogen) atoms. The molecule has 0 aliphatic carbocycles. The Bertz CT molecular complexity index is 531. The number of rotatable bonds is 5. The summed E-state index contributed by atoms with van der Waals surface area (Å²) in [4.78, 5) is 0. The van der Waals surface area contributed by atoms with Crippen LogP contribution in [0.25, 0.3) is 0 Å². The van der Waals surface area contributed by atoms with Crippen molar-refractivity contribution >= 4 is 15.9 Å². The van der Waals surface area contributed by atoms with Gasteiger partial charge in [0.05, 0.1) is 0 Å². The van der Waals surface area contributed by atoms with E-state index >= 15 is 0 Å². The maximum Gasteiger partial charge on any atom is 0.123 e. The van der Waals surface area contributed by atoms with Crippen LogP contribution in [0.3, 0.4) is 0 Å². The van der Waals surface area contributed by atoms with Crippen molar-refractivity contribution in [3.05, 3.63) is 69.9 Å². The molecule has 0 saturated heterocycles. The lowest BCUT2D eigenvalue weighted by atomic mass is 9.99. The van der Waals surface area contributed by atoms with Crippen LogP contribution in [-0.2, 0) is 6.42 Å². The highest BCUT2D eigenvalue weighted by Gasteiger charge is 2.14. The number of hydrogen-bond acceptors (Lipinski definition) is 2. The molecule has 2 aromatic carbocycles.